The van der Waals surface area contributed by atoms with Gasteiger partial charge in [-0.15, -0.1) is 0 Å². The number of hydrogen-bond acceptors (Lipinski definition) is 0. The molecule has 0 N–H and O–H groups in total. The number of hydrogen-bond donors (Lipinski definition) is 0. The van der Waals surface area contributed by atoms with Gasteiger partial charge in [0.25, 0.3) is 0 Å². The third-order valence-electron chi connectivity index (χ3n) is 21.0. The van der Waals surface area contributed by atoms with E-state index >= 15 is 0 Å². The topological polar surface area (TPSA) is 0 Å². The second kappa shape index (κ2) is 50.4. The van der Waals surface area contributed by atoms with Crippen LogP contribution in [-0.2, 0) is 84.6 Å². The van der Waals surface area contributed by atoms with E-state index in [4.69, 9.17) is 0 Å². The summed E-state index contributed by atoms with van der Waals surface area (Å²) in [6.07, 6.45) is 7.14. The van der Waals surface area contributed by atoms with Crippen molar-refractivity contribution in [1.29, 1.82) is 0 Å². The summed E-state index contributed by atoms with van der Waals surface area (Å²) in [5.41, 5.74) is 9.48. The van der Waals surface area contributed by atoms with Gasteiger partial charge in [-0.1, -0.05) is 341 Å². The Balaban J connectivity index is 0.000000131. The third kappa shape index (κ3) is 27.8. The van der Waals surface area contributed by atoms with Gasteiger partial charge in [0.15, 0.2) is 88.1 Å². The van der Waals surface area contributed by atoms with Crippen LogP contribution in [-0.4, -0.2) is 0 Å². The van der Waals surface area contributed by atoms with Crippen LogP contribution in [0.25, 0.3) is 0 Å². The summed E-state index contributed by atoms with van der Waals surface area (Å²) in [5.74, 6) is 0. The molecular formula is C121H116S6+6. The molecule has 0 fully saturated rings. The second-order valence-electron chi connectivity index (χ2n) is 30.7. The lowest BCUT2D eigenvalue weighted by molar-refractivity contribution is 0.794. The molecule has 0 aromatic heterocycles. The molecule has 0 aliphatic heterocycles. The normalized spacial score (nSPS) is 10.8. The van der Waals surface area contributed by atoms with Crippen LogP contribution < -0.4 is 0 Å². The molecule has 127 heavy (non-hydrogen) atoms. The van der Waals surface area contributed by atoms with Gasteiger partial charge < -0.3 is 0 Å². The average Bonchev–Trinajstić information content (AvgIpc) is 0.837. The van der Waals surface area contributed by atoms with E-state index in [1.165, 1.54) is 153 Å². The van der Waals surface area contributed by atoms with E-state index < -0.39 is 0 Å². The van der Waals surface area contributed by atoms with Gasteiger partial charge in [-0.3, -0.25) is 0 Å². The van der Waals surface area contributed by atoms with E-state index in [-0.39, 0.29) is 65.4 Å². The number of unbranched alkanes of at least 4 members (excludes halogenated alkanes) is 1. The summed E-state index contributed by atoms with van der Waals surface area (Å²) in [7, 11) is -0.157. The average molecular weight is 1760 g/mol. The zero-order valence-electron chi connectivity index (χ0n) is 74.1. The van der Waals surface area contributed by atoms with Crippen LogP contribution in [0.1, 0.15) is 79.0 Å². The number of rotatable bonds is 24. The van der Waals surface area contributed by atoms with E-state index in [0.717, 1.165) is 12.8 Å². The number of benzene rings is 18. The fourth-order valence-electron chi connectivity index (χ4n) is 14.4. The van der Waals surface area contributed by atoms with Gasteiger partial charge in [-0.2, -0.15) is 0 Å². The Morgan fingerprint density at radius 2 is 0.268 bits per heavy atom. The molecule has 18 aromatic rings. The van der Waals surface area contributed by atoms with E-state index in [9.17, 15) is 0 Å². The molecule has 0 radical (unpaired) electrons. The predicted octanol–water partition coefficient (Wildman–Crippen LogP) is 32.8. The molecule has 0 saturated heterocycles. The van der Waals surface area contributed by atoms with Gasteiger partial charge in [0.2, 0.25) is 0 Å². The molecule has 0 heterocycles. The minimum absolute atomic E-state index is 0.0146. The smallest absolute Gasteiger partial charge is 0.0654 e. The molecule has 0 aliphatic carbocycles. The standard InChI is InChI=1S/C22H23S.2C21H21S.C20H19S.C19H17S.C18H15S/c1-2-3-10-19-15-17-22(18-16-19)23(20-11-6-4-7-12-20)21-13-8-5-9-14-21;1-16-4-10-19(11-5-16)22(20-12-6-17(2)7-13-20)21-14-8-18(3)9-15-21;1-2-9-18-14-16-21(17-15-18)22(19-10-5-3-6-11-19)20-12-7-4-8-13-20;1-2-17-13-15-20(16-14-17)21(18-9-5-3-6-10-18)19-11-7-4-8-12-19;1-16-12-14-19(15-13-16)20(17-8-4-2-5-9-17)18-10-6-3-7-11-18;1-4-10-16(11-5-1)19(17-12-6-2-7-13-17)18-14-8-3-9-15-18/h4-9,11-18H,2-3,10H2,1H3;4-15H,1-3H3;3-8,10-17H,2,9H2,1H3;3-16H,2H2,1H3;2-15H,1H3;1-15H/q6*+1. The second-order valence-corrected chi connectivity index (χ2v) is 42.8. The van der Waals surface area contributed by atoms with Crippen molar-refractivity contribution in [2.24, 2.45) is 0 Å². The van der Waals surface area contributed by atoms with Crippen LogP contribution in [0.15, 0.2) is 592 Å². The number of aryl methyl sites for hydroxylation is 7. The molecule has 18 aromatic carbocycles. The summed E-state index contributed by atoms with van der Waals surface area (Å²) < 4.78 is 0. The quantitative estimate of drug-likeness (QED) is 0.0529. The molecule has 6 heteroatoms. The first-order valence-electron chi connectivity index (χ1n) is 44.1. The maximum atomic E-state index is 2.31. The molecule has 18 rings (SSSR count). The van der Waals surface area contributed by atoms with Crippen molar-refractivity contribution in [3.8, 4) is 0 Å². The Bertz CT molecular complexity index is 5690. The summed E-state index contributed by atoms with van der Waals surface area (Å²) >= 11 is 0. The van der Waals surface area contributed by atoms with Gasteiger partial charge in [0.05, 0.1) is 65.4 Å². The van der Waals surface area contributed by atoms with Crippen LogP contribution in [0.3, 0.4) is 0 Å². The van der Waals surface area contributed by atoms with E-state index in [0.29, 0.717) is 0 Å². The Labute approximate surface area is 776 Å². The molecule has 0 nitrogen and oxygen atoms in total. The maximum absolute atomic E-state index is 2.31. The Kier molecular flexibility index (Phi) is 36.8. The van der Waals surface area contributed by atoms with Crippen LogP contribution >= 0.6 is 0 Å². The van der Waals surface area contributed by atoms with E-state index in [1.807, 2.05) is 0 Å². The minimum atomic E-state index is -0.0394. The van der Waals surface area contributed by atoms with Gasteiger partial charge in [-0.05, 0) is 288 Å². The van der Waals surface area contributed by atoms with Crippen molar-refractivity contribution in [3.63, 3.8) is 0 Å². The fraction of sp³-hybridized carbons (Fsp3) is 0.107. The summed E-state index contributed by atoms with van der Waals surface area (Å²) in [6, 6.07) is 182. The summed E-state index contributed by atoms with van der Waals surface area (Å²) in [6.45, 7) is 15.2. The van der Waals surface area contributed by atoms with Gasteiger partial charge in [0.1, 0.15) is 0 Å². The Morgan fingerprint density at radius 1 is 0.134 bits per heavy atom. The predicted molar refractivity (Wildman–Crippen MR) is 550 cm³/mol. The first kappa shape index (κ1) is 92.7. The summed E-state index contributed by atoms with van der Waals surface area (Å²) in [5, 5.41) is 0. The lowest BCUT2D eigenvalue weighted by Crippen LogP contribution is -2.04. The van der Waals surface area contributed by atoms with Crippen LogP contribution in [0, 0.1) is 27.7 Å². The molecule has 0 amide bonds. The zero-order valence-corrected chi connectivity index (χ0v) is 79.0. The van der Waals surface area contributed by atoms with Crippen molar-refractivity contribution in [3.05, 3.63) is 542 Å². The monoisotopic (exact) mass is 1760 g/mol. The highest BCUT2D eigenvalue weighted by molar-refractivity contribution is 7.98. The molecule has 630 valence electrons. The largest absolute Gasteiger partial charge is 0.166 e. The van der Waals surface area contributed by atoms with Crippen molar-refractivity contribution >= 4 is 65.4 Å². The Morgan fingerprint density at radius 3 is 0.409 bits per heavy atom. The molecule has 0 atom stereocenters. The van der Waals surface area contributed by atoms with Gasteiger partial charge >= 0.3 is 0 Å². The molecule has 0 aliphatic rings. The van der Waals surface area contributed by atoms with Crippen molar-refractivity contribution in [2.45, 2.75) is 175 Å². The summed E-state index contributed by atoms with van der Waals surface area (Å²) in [4.78, 5) is 24.7. The lowest BCUT2D eigenvalue weighted by atomic mass is 10.1. The van der Waals surface area contributed by atoms with E-state index in [1.54, 1.807) is 0 Å². The van der Waals surface area contributed by atoms with Crippen molar-refractivity contribution in [2.75, 3.05) is 0 Å². The molecule has 0 saturated carbocycles. The molecule has 0 bridgehead atoms. The fourth-order valence-corrected chi connectivity index (χ4v) is 26.9. The van der Waals surface area contributed by atoms with Gasteiger partial charge in [0, 0.05) is 0 Å². The van der Waals surface area contributed by atoms with Crippen LogP contribution in [0.2, 0.25) is 0 Å². The minimum Gasteiger partial charge on any atom is -0.0654 e. The van der Waals surface area contributed by atoms with Crippen LogP contribution in [0.4, 0.5) is 0 Å². The Hall–Kier alpha value is -11.9. The van der Waals surface area contributed by atoms with Gasteiger partial charge in [-0.25, -0.2) is 0 Å². The highest BCUT2D eigenvalue weighted by atomic mass is 32.2. The molecular weight excluding hydrogens is 1650 g/mol. The van der Waals surface area contributed by atoms with Crippen LogP contribution in [0.5, 0.6) is 0 Å². The maximum Gasteiger partial charge on any atom is 0.166 e. The highest BCUT2D eigenvalue weighted by Crippen LogP contribution is 2.38. The molecule has 0 unspecified atom stereocenters. The first-order chi connectivity index (χ1) is 62.6. The van der Waals surface area contributed by atoms with E-state index in [2.05, 4.69) is 552 Å². The SMILES string of the molecule is CCCCc1ccc([S+](c2ccccc2)c2ccccc2)cc1.CCCc1ccc([S+](c2ccccc2)c2ccccc2)cc1.CCc1ccc([S+](c2ccccc2)c2ccccc2)cc1.Cc1ccc([S+](c2ccc(C)cc2)c2ccc(C)cc2)cc1.Cc1ccc([S+](c2ccccc2)c2ccccc2)cc1.c1ccc([S+](c2ccccc2)c2ccccc2)cc1. The highest BCUT2D eigenvalue weighted by Gasteiger charge is 2.34. The van der Waals surface area contributed by atoms with Crippen molar-refractivity contribution in [1.82, 2.24) is 0 Å². The third-order valence-corrected chi connectivity index (χ3v) is 34.4. The van der Waals surface area contributed by atoms with Crippen molar-refractivity contribution < 1.29 is 0 Å². The zero-order chi connectivity index (χ0) is 87.8. The lowest BCUT2D eigenvalue weighted by Gasteiger charge is -2.09. The first-order valence-corrected chi connectivity index (χ1v) is 51.5. The molecule has 0 spiro atoms.